The predicted molar refractivity (Wildman–Crippen MR) is 86.9 cm³/mol. The van der Waals surface area contributed by atoms with Crippen molar-refractivity contribution in [1.29, 1.82) is 0 Å². The zero-order valence-electron chi connectivity index (χ0n) is 11.0. The standard InChI is InChI=1S/C15H13ClN4O/c1-9-17-13-7-6-12(8-14(13)18-9)20-15(21)19-11-4-2-10(16)3-5-11/h2-8,17-18H,1H2,(H2,19,20,21). The average molecular weight is 301 g/mol. The molecule has 2 aromatic rings. The number of hydrogen-bond donors (Lipinski definition) is 4. The van der Waals surface area contributed by atoms with E-state index in [0.29, 0.717) is 22.2 Å². The molecule has 106 valence electrons. The second kappa shape index (κ2) is 5.38. The van der Waals surface area contributed by atoms with Crippen molar-refractivity contribution in [1.82, 2.24) is 0 Å². The van der Waals surface area contributed by atoms with Gasteiger partial charge in [0.25, 0.3) is 0 Å². The topological polar surface area (TPSA) is 65.2 Å². The smallest absolute Gasteiger partial charge is 0.323 e. The minimum atomic E-state index is -0.318. The first-order valence-corrected chi connectivity index (χ1v) is 6.68. The Bertz CT molecular complexity index is 712. The van der Waals surface area contributed by atoms with Crippen molar-refractivity contribution in [2.45, 2.75) is 0 Å². The Morgan fingerprint density at radius 3 is 2.33 bits per heavy atom. The van der Waals surface area contributed by atoms with E-state index in [9.17, 15) is 4.79 Å². The Balaban J connectivity index is 1.66. The maximum atomic E-state index is 11.9. The lowest BCUT2D eigenvalue weighted by Gasteiger charge is -2.08. The molecule has 0 saturated carbocycles. The maximum absolute atomic E-state index is 11.9. The van der Waals surface area contributed by atoms with E-state index in [1.165, 1.54) is 0 Å². The van der Waals surface area contributed by atoms with Gasteiger partial charge in [0.05, 0.1) is 11.4 Å². The molecule has 1 heterocycles. The van der Waals surface area contributed by atoms with E-state index in [1.54, 1.807) is 24.3 Å². The molecule has 0 radical (unpaired) electrons. The summed E-state index contributed by atoms with van der Waals surface area (Å²) in [5.41, 5.74) is 3.17. The third kappa shape index (κ3) is 3.09. The lowest BCUT2D eigenvalue weighted by atomic mass is 10.2. The molecule has 0 atom stereocenters. The summed E-state index contributed by atoms with van der Waals surface area (Å²) in [5.74, 6) is 0.716. The quantitative estimate of drug-likeness (QED) is 0.669. The number of rotatable bonds is 2. The van der Waals surface area contributed by atoms with Gasteiger partial charge in [-0.05, 0) is 42.5 Å². The van der Waals surface area contributed by atoms with Crippen molar-refractivity contribution in [3.05, 3.63) is 59.9 Å². The molecular weight excluding hydrogens is 288 g/mol. The molecule has 5 nitrogen and oxygen atoms in total. The third-order valence-electron chi connectivity index (χ3n) is 2.95. The molecule has 0 aromatic heterocycles. The molecule has 0 saturated heterocycles. The average Bonchev–Trinajstić information content (AvgIpc) is 2.80. The van der Waals surface area contributed by atoms with Crippen LogP contribution in [0.2, 0.25) is 5.02 Å². The third-order valence-corrected chi connectivity index (χ3v) is 3.20. The van der Waals surface area contributed by atoms with Gasteiger partial charge in [0.15, 0.2) is 0 Å². The molecule has 0 spiro atoms. The largest absolute Gasteiger partial charge is 0.341 e. The van der Waals surface area contributed by atoms with Gasteiger partial charge in [-0.15, -0.1) is 0 Å². The summed E-state index contributed by atoms with van der Waals surface area (Å²) >= 11 is 5.80. The van der Waals surface area contributed by atoms with Crippen LogP contribution in [0.3, 0.4) is 0 Å². The van der Waals surface area contributed by atoms with Crippen molar-refractivity contribution < 1.29 is 4.79 Å². The Morgan fingerprint density at radius 1 is 0.952 bits per heavy atom. The summed E-state index contributed by atoms with van der Waals surface area (Å²) in [4.78, 5) is 11.9. The molecule has 0 unspecified atom stereocenters. The van der Waals surface area contributed by atoms with E-state index < -0.39 is 0 Å². The van der Waals surface area contributed by atoms with Crippen LogP contribution < -0.4 is 21.3 Å². The van der Waals surface area contributed by atoms with E-state index >= 15 is 0 Å². The van der Waals surface area contributed by atoms with E-state index in [4.69, 9.17) is 11.6 Å². The van der Waals surface area contributed by atoms with Gasteiger partial charge >= 0.3 is 6.03 Å². The first-order valence-electron chi connectivity index (χ1n) is 6.31. The number of nitrogens with one attached hydrogen (secondary N) is 4. The van der Waals surface area contributed by atoms with E-state index in [2.05, 4.69) is 27.8 Å². The number of anilines is 4. The van der Waals surface area contributed by atoms with Gasteiger partial charge in [0, 0.05) is 16.4 Å². The lowest BCUT2D eigenvalue weighted by Crippen LogP contribution is -2.19. The molecule has 1 aliphatic heterocycles. The fourth-order valence-electron chi connectivity index (χ4n) is 2.02. The van der Waals surface area contributed by atoms with Gasteiger partial charge in [-0.25, -0.2) is 4.79 Å². The fraction of sp³-hybridized carbons (Fsp3) is 0. The van der Waals surface area contributed by atoms with E-state index in [0.717, 1.165) is 11.4 Å². The molecule has 3 rings (SSSR count). The lowest BCUT2D eigenvalue weighted by molar-refractivity contribution is 0.262. The van der Waals surface area contributed by atoms with E-state index in [1.807, 2.05) is 18.2 Å². The van der Waals surface area contributed by atoms with Crippen LogP contribution in [0.4, 0.5) is 27.5 Å². The monoisotopic (exact) mass is 300 g/mol. The highest BCUT2D eigenvalue weighted by atomic mass is 35.5. The normalized spacial score (nSPS) is 12.1. The van der Waals surface area contributed by atoms with Gasteiger partial charge in [0.1, 0.15) is 5.82 Å². The van der Waals surface area contributed by atoms with Crippen LogP contribution in [0, 0.1) is 0 Å². The first-order chi connectivity index (χ1) is 10.1. The van der Waals surface area contributed by atoms with Crippen molar-refractivity contribution in [3.8, 4) is 0 Å². The van der Waals surface area contributed by atoms with Crippen LogP contribution in [0.5, 0.6) is 0 Å². The number of urea groups is 1. The van der Waals surface area contributed by atoms with Crippen LogP contribution in [0.15, 0.2) is 54.9 Å². The number of carbonyl (C=O) groups excluding carboxylic acids is 1. The summed E-state index contributed by atoms with van der Waals surface area (Å²) in [6.45, 7) is 3.79. The number of halogens is 1. The molecule has 21 heavy (non-hydrogen) atoms. The minimum absolute atomic E-state index is 0.318. The molecule has 0 fully saturated rings. The van der Waals surface area contributed by atoms with Gasteiger partial charge in [0.2, 0.25) is 0 Å². The van der Waals surface area contributed by atoms with Crippen LogP contribution >= 0.6 is 11.6 Å². The Hall–Kier alpha value is -2.66. The molecule has 4 N–H and O–H groups in total. The molecular formula is C15H13ClN4O. The Labute approximate surface area is 127 Å². The van der Waals surface area contributed by atoms with Crippen molar-refractivity contribution in [2.75, 3.05) is 21.3 Å². The van der Waals surface area contributed by atoms with Crippen LogP contribution in [-0.4, -0.2) is 6.03 Å². The molecule has 0 bridgehead atoms. The van der Waals surface area contributed by atoms with Crippen LogP contribution in [-0.2, 0) is 0 Å². The van der Waals surface area contributed by atoms with E-state index in [-0.39, 0.29) is 6.03 Å². The summed E-state index contributed by atoms with van der Waals surface area (Å²) < 4.78 is 0. The number of amides is 2. The predicted octanol–water partition coefficient (Wildman–Crippen LogP) is 4.29. The molecule has 1 aliphatic rings. The van der Waals surface area contributed by atoms with Crippen molar-refractivity contribution >= 4 is 40.4 Å². The van der Waals surface area contributed by atoms with Crippen LogP contribution in [0.1, 0.15) is 0 Å². The Morgan fingerprint density at radius 2 is 1.57 bits per heavy atom. The highest BCUT2D eigenvalue weighted by Crippen LogP contribution is 2.32. The minimum Gasteiger partial charge on any atom is -0.341 e. The van der Waals surface area contributed by atoms with Crippen LogP contribution in [0.25, 0.3) is 0 Å². The van der Waals surface area contributed by atoms with Gasteiger partial charge < -0.3 is 21.3 Å². The Kier molecular flexibility index (Phi) is 3.41. The second-order valence-electron chi connectivity index (χ2n) is 4.57. The molecule has 0 aliphatic carbocycles. The maximum Gasteiger partial charge on any atom is 0.323 e. The SMILES string of the molecule is C=C1Nc2ccc(NC(=O)Nc3ccc(Cl)cc3)cc2N1. The number of hydrogen-bond acceptors (Lipinski definition) is 3. The zero-order valence-corrected chi connectivity index (χ0v) is 11.8. The molecule has 2 aromatic carbocycles. The summed E-state index contributed by atoms with van der Waals surface area (Å²) in [6.07, 6.45) is 0. The first kappa shape index (κ1) is 13.3. The number of fused-ring (bicyclic) bond motifs is 1. The van der Waals surface area contributed by atoms with Gasteiger partial charge in [-0.1, -0.05) is 18.2 Å². The highest BCUT2D eigenvalue weighted by molar-refractivity contribution is 6.30. The molecule has 6 heteroatoms. The fourth-order valence-corrected chi connectivity index (χ4v) is 2.14. The highest BCUT2D eigenvalue weighted by Gasteiger charge is 2.13. The number of carbonyl (C=O) groups is 1. The van der Waals surface area contributed by atoms with Crippen molar-refractivity contribution in [2.24, 2.45) is 0 Å². The number of benzene rings is 2. The summed E-state index contributed by atoms with van der Waals surface area (Å²) in [6, 6.07) is 12.1. The summed E-state index contributed by atoms with van der Waals surface area (Å²) in [5, 5.41) is 12.3. The summed E-state index contributed by atoms with van der Waals surface area (Å²) in [7, 11) is 0. The van der Waals surface area contributed by atoms with Gasteiger partial charge in [-0.3, -0.25) is 0 Å². The van der Waals surface area contributed by atoms with Gasteiger partial charge in [-0.2, -0.15) is 0 Å². The molecule has 2 amide bonds. The van der Waals surface area contributed by atoms with Crippen molar-refractivity contribution in [3.63, 3.8) is 0 Å². The zero-order chi connectivity index (χ0) is 14.8. The second-order valence-corrected chi connectivity index (χ2v) is 5.01.